The van der Waals surface area contributed by atoms with Crippen molar-refractivity contribution in [2.24, 2.45) is 11.8 Å². The number of ether oxygens (including phenoxy) is 2. The van der Waals surface area contributed by atoms with Gasteiger partial charge in [-0.3, -0.25) is 4.90 Å². The van der Waals surface area contributed by atoms with E-state index < -0.39 is 0 Å². The number of hydrogen-bond donors (Lipinski definition) is 1. The molecular weight excluding hydrogens is 340 g/mol. The van der Waals surface area contributed by atoms with E-state index in [2.05, 4.69) is 28.1 Å². The maximum atomic E-state index is 12.3. The monoisotopic (exact) mass is 366 g/mol. The van der Waals surface area contributed by atoms with E-state index >= 15 is 0 Å². The zero-order valence-corrected chi connectivity index (χ0v) is 16.0. The standard InChI is InChI=1S/C22H26N2O3/c1-26-14-6-7-15-16-8-9-24-12-13-4-3-5-17(22(25)27-2)18(13)11-20(24)21(16)23-19(15)10-14/h5-7,10,13,18,20,23H,3-4,8-9,11-12H2,1-2H3/t13-,18+,20+/m1/s1. The van der Waals surface area contributed by atoms with Crippen LogP contribution in [0.15, 0.2) is 29.8 Å². The average Bonchev–Trinajstić information content (AvgIpc) is 3.09. The van der Waals surface area contributed by atoms with Crippen LogP contribution in [0.25, 0.3) is 10.9 Å². The SMILES string of the molecule is COC(=O)C1=CCC[C@@H]2CN3CCc4c([nH]c5cc(OC)ccc45)[C@@H]3C[C@H]12. The van der Waals surface area contributed by atoms with Gasteiger partial charge in [-0.25, -0.2) is 4.79 Å². The number of nitrogens with one attached hydrogen (secondary N) is 1. The molecule has 0 unspecified atom stereocenters. The highest BCUT2D eigenvalue weighted by atomic mass is 16.5. The summed E-state index contributed by atoms with van der Waals surface area (Å²) >= 11 is 0. The van der Waals surface area contributed by atoms with Crippen molar-refractivity contribution >= 4 is 16.9 Å². The summed E-state index contributed by atoms with van der Waals surface area (Å²) in [6.45, 7) is 2.17. The van der Waals surface area contributed by atoms with Crippen LogP contribution in [-0.2, 0) is 16.0 Å². The first-order valence-electron chi connectivity index (χ1n) is 9.90. The Morgan fingerprint density at radius 2 is 2.19 bits per heavy atom. The molecule has 5 rings (SSSR count). The van der Waals surface area contributed by atoms with E-state index in [-0.39, 0.29) is 5.97 Å². The van der Waals surface area contributed by atoms with Crippen LogP contribution in [0.4, 0.5) is 0 Å². The number of benzene rings is 1. The number of nitrogens with zero attached hydrogens (tertiary/aromatic N) is 1. The molecule has 0 amide bonds. The first-order chi connectivity index (χ1) is 13.2. The van der Waals surface area contributed by atoms with E-state index in [1.165, 1.54) is 30.2 Å². The molecule has 0 saturated carbocycles. The van der Waals surface area contributed by atoms with E-state index in [0.29, 0.717) is 17.9 Å². The normalized spacial score (nSPS) is 27.3. The molecule has 0 radical (unpaired) electrons. The number of rotatable bonds is 2. The Kier molecular flexibility index (Phi) is 4.01. The third-order valence-electron chi connectivity index (χ3n) is 6.81. The van der Waals surface area contributed by atoms with Crippen LogP contribution in [-0.4, -0.2) is 43.2 Å². The fraction of sp³-hybridized carbons (Fsp3) is 0.500. The lowest BCUT2D eigenvalue weighted by molar-refractivity contribution is -0.137. The second-order valence-corrected chi connectivity index (χ2v) is 8.02. The molecule has 27 heavy (non-hydrogen) atoms. The van der Waals surface area contributed by atoms with Crippen LogP contribution in [0.5, 0.6) is 5.75 Å². The molecule has 1 saturated heterocycles. The number of aromatic amines is 1. The number of methoxy groups -OCH3 is 2. The summed E-state index contributed by atoms with van der Waals surface area (Å²) in [6.07, 6.45) is 6.34. The van der Waals surface area contributed by atoms with Gasteiger partial charge in [-0.2, -0.15) is 0 Å². The number of fused-ring (bicyclic) bond motifs is 6. The predicted octanol–water partition coefficient (Wildman–Crippen LogP) is 3.61. The van der Waals surface area contributed by atoms with Gasteiger partial charge >= 0.3 is 5.97 Å². The lowest BCUT2D eigenvalue weighted by atomic mass is 9.70. The minimum Gasteiger partial charge on any atom is -0.497 e. The minimum absolute atomic E-state index is 0.143. The van der Waals surface area contributed by atoms with Gasteiger partial charge in [0.1, 0.15) is 5.75 Å². The maximum absolute atomic E-state index is 12.3. The molecule has 1 aliphatic carbocycles. The molecule has 1 aromatic heterocycles. The Balaban J connectivity index is 1.53. The molecule has 3 heterocycles. The molecule has 1 aromatic carbocycles. The first-order valence-corrected chi connectivity index (χ1v) is 9.90. The lowest BCUT2D eigenvalue weighted by Gasteiger charge is -2.47. The molecule has 0 spiro atoms. The number of hydrogen-bond acceptors (Lipinski definition) is 4. The molecule has 1 N–H and O–H groups in total. The lowest BCUT2D eigenvalue weighted by Crippen LogP contribution is -2.47. The maximum Gasteiger partial charge on any atom is 0.333 e. The van der Waals surface area contributed by atoms with Gasteiger partial charge in [-0.1, -0.05) is 6.08 Å². The third kappa shape index (κ3) is 2.59. The van der Waals surface area contributed by atoms with E-state index in [4.69, 9.17) is 9.47 Å². The summed E-state index contributed by atoms with van der Waals surface area (Å²) < 4.78 is 10.5. The van der Waals surface area contributed by atoms with Gasteiger partial charge in [0.2, 0.25) is 0 Å². The van der Waals surface area contributed by atoms with Gasteiger partial charge in [0.25, 0.3) is 0 Å². The van der Waals surface area contributed by atoms with E-state index in [1.54, 1.807) is 7.11 Å². The quantitative estimate of drug-likeness (QED) is 0.825. The summed E-state index contributed by atoms with van der Waals surface area (Å²) in [5.74, 6) is 1.60. The summed E-state index contributed by atoms with van der Waals surface area (Å²) in [7, 11) is 3.20. The van der Waals surface area contributed by atoms with Crippen LogP contribution in [0, 0.1) is 11.8 Å². The molecule has 1 fully saturated rings. The summed E-state index contributed by atoms with van der Waals surface area (Å²) in [5, 5.41) is 1.31. The number of carbonyl (C=O) groups is 1. The van der Waals surface area contributed by atoms with Crippen molar-refractivity contribution in [1.82, 2.24) is 9.88 Å². The van der Waals surface area contributed by atoms with Gasteiger partial charge in [0.15, 0.2) is 0 Å². The fourth-order valence-corrected chi connectivity index (χ4v) is 5.51. The van der Waals surface area contributed by atoms with Gasteiger partial charge in [-0.05, 0) is 55.2 Å². The molecule has 2 aliphatic heterocycles. The zero-order valence-electron chi connectivity index (χ0n) is 16.0. The Morgan fingerprint density at radius 3 is 3.00 bits per heavy atom. The molecule has 0 bridgehead atoms. The molecule has 3 atom stereocenters. The highest BCUT2D eigenvalue weighted by Gasteiger charge is 2.43. The van der Waals surface area contributed by atoms with Crippen LogP contribution in [0.1, 0.15) is 36.6 Å². The largest absolute Gasteiger partial charge is 0.497 e. The number of allylic oxidation sites excluding steroid dienone is 1. The average molecular weight is 366 g/mol. The number of aromatic nitrogens is 1. The number of piperidine rings is 1. The predicted molar refractivity (Wildman–Crippen MR) is 104 cm³/mol. The molecular formula is C22H26N2O3. The number of esters is 1. The number of H-pyrrole nitrogens is 1. The van der Waals surface area contributed by atoms with Gasteiger partial charge in [-0.15, -0.1) is 0 Å². The van der Waals surface area contributed by atoms with E-state index in [1.807, 2.05) is 6.07 Å². The smallest absolute Gasteiger partial charge is 0.333 e. The third-order valence-corrected chi connectivity index (χ3v) is 6.81. The van der Waals surface area contributed by atoms with Crippen molar-refractivity contribution in [3.63, 3.8) is 0 Å². The number of carbonyl (C=O) groups excluding carboxylic acids is 1. The van der Waals surface area contributed by atoms with Gasteiger partial charge in [0.05, 0.1) is 20.3 Å². The van der Waals surface area contributed by atoms with E-state index in [0.717, 1.165) is 49.2 Å². The second-order valence-electron chi connectivity index (χ2n) is 8.02. The van der Waals surface area contributed by atoms with Crippen molar-refractivity contribution in [2.45, 2.75) is 31.7 Å². The highest BCUT2D eigenvalue weighted by Crippen LogP contribution is 2.47. The molecule has 142 valence electrons. The molecule has 5 nitrogen and oxygen atoms in total. The molecule has 3 aliphatic rings. The molecule has 2 aromatic rings. The van der Waals surface area contributed by atoms with Crippen molar-refractivity contribution in [3.05, 3.63) is 41.1 Å². The van der Waals surface area contributed by atoms with E-state index in [9.17, 15) is 4.79 Å². The van der Waals surface area contributed by atoms with Crippen molar-refractivity contribution in [2.75, 3.05) is 27.3 Å². The Hall–Kier alpha value is -2.27. The second kappa shape index (κ2) is 6.41. The van der Waals surface area contributed by atoms with Gasteiger partial charge < -0.3 is 14.5 Å². The van der Waals surface area contributed by atoms with Crippen molar-refractivity contribution < 1.29 is 14.3 Å². The van der Waals surface area contributed by atoms with Crippen molar-refractivity contribution in [1.29, 1.82) is 0 Å². The Morgan fingerprint density at radius 1 is 1.30 bits per heavy atom. The van der Waals surface area contributed by atoms with Gasteiger partial charge in [0, 0.05) is 41.3 Å². The van der Waals surface area contributed by atoms with Crippen molar-refractivity contribution in [3.8, 4) is 5.75 Å². The van der Waals surface area contributed by atoms with Crippen LogP contribution >= 0.6 is 0 Å². The first kappa shape index (κ1) is 16.9. The summed E-state index contributed by atoms with van der Waals surface area (Å²) in [6, 6.07) is 6.65. The van der Waals surface area contributed by atoms with Crippen LogP contribution in [0.3, 0.4) is 0 Å². The zero-order chi connectivity index (χ0) is 18.5. The Labute approximate surface area is 159 Å². The summed E-state index contributed by atoms with van der Waals surface area (Å²) in [5.41, 5.74) is 4.82. The van der Waals surface area contributed by atoms with Crippen LogP contribution in [0.2, 0.25) is 0 Å². The van der Waals surface area contributed by atoms with Crippen LogP contribution < -0.4 is 4.74 Å². The highest BCUT2D eigenvalue weighted by molar-refractivity contribution is 5.89. The topological polar surface area (TPSA) is 54.6 Å². The minimum atomic E-state index is -0.143. The fourth-order valence-electron chi connectivity index (χ4n) is 5.51. The Bertz CT molecular complexity index is 929. The summed E-state index contributed by atoms with van der Waals surface area (Å²) in [4.78, 5) is 18.6. The molecule has 5 heteroatoms.